The Hall–Kier alpha value is -1.85. The van der Waals surface area contributed by atoms with E-state index in [4.69, 9.17) is 0 Å². The van der Waals surface area contributed by atoms with Crippen LogP contribution in [0.5, 0.6) is 0 Å². The topological polar surface area (TPSA) is 80.7 Å². The van der Waals surface area contributed by atoms with E-state index in [0.717, 1.165) is 9.44 Å². The summed E-state index contributed by atoms with van der Waals surface area (Å²) in [5, 5.41) is 9.57. The average molecular weight is 336 g/mol. The van der Waals surface area contributed by atoms with E-state index >= 15 is 0 Å². The summed E-state index contributed by atoms with van der Waals surface area (Å²) < 4.78 is 2.94. The standard InChI is InChI=1S/C14H16N4O2S2/c1-14(2,3)9-7-16-12(21-9)22-11-8(6-15)10(19)17(4)13(20)18(11)5/h7H,1-5H3. The minimum absolute atomic E-state index is 0.0206. The van der Waals surface area contributed by atoms with E-state index in [2.05, 4.69) is 25.8 Å². The number of hydrogen-bond acceptors (Lipinski definition) is 6. The van der Waals surface area contributed by atoms with Crippen molar-refractivity contribution in [1.29, 1.82) is 5.26 Å². The van der Waals surface area contributed by atoms with Crippen molar-refractivity contribution in [3.63, 3.8) is 0 Å². The Balaban J connectivity index is 2.56. The van der Waals surface area contributed by atoms with Gasteiger partial charge in [-0.3, -0.25) is 13.9 Å². The maximum Gasteiger partial charge on any atom is 0.331 e. The quantitative estimate of drug-likeness (QED) is 0.782. The van der Waals surface area contributed by atoms with Gasteiger partial charge in [0.2, 0.25) is 0 Å². The molecule has 0 amide bonds. The zero-order valence-corrected chi connectivity index (χ0v) is 14.6. The summed E-state index contributed by atoms with van der Waals surface area (Å²) in [5.41, 5.74) is -1.10. The fourth-order valence-electron chi connectivity index (χ4n) is 1.78. The van der Waals surface area contributed by atoms with Crippen molar-refractivity contribution < 1.29 is 0 Å². The summed E-state index contributed by atoms with van der Waals surface area (Å²) in [7, 11) is 2.91. The molecular weight excluding hydrogens is 320 g/mol. The van der Waals surface area contributed by atoms with Crippen LogP contribution in [0.3, 0.4) is 0 Å². The maximum atomic E-state index is 12.0. The van der Waals surface area contributed by atoms with Crippen molar-refractivity contribution in [2.75, 3.05) is 0 Å². The molecule has 0 saturated carbocycles. The lowest BCUT2D eigenvalue weighted by Gasteiger charge is -2.14. The van der Waals surface area contributed by atoms with Crippen molar-refractivity contribution in [3.8, 4) is 6.07 Å². The molecule has 0 fully saturated rings. The van der Waals surface area contributed by atoms with Gasteiger partial charge in [-0.1, -0.05) is 20.8 Å². The normalized spacial score (nSPS) is 11.5. The Morgan fingerprint density at radius 3 is 2.41 bits per heavy atom. The van der Waals surface area contributed by atoms with Gasteiger partial charge < -0.3 is 0 Å². The molecule has 0 N–H and O–H groups in total. The predicted molar refractivity (Wildman–Crippen MR) is 86.6 cm³/mol. The molecule has 8 heteroatoms. The van der Waals surface area contributed by atoms with Crippen LogP contribution >= 0.6 is 23.1 Å². The number of rotatable bonds is 2. The van der Waals surface area contributed by atoms with Crippen LogP contribution in [0.2, 0.25) is 0 Å². The molecule has 116 valence electrons. The highest BCUT2D eigenvalue weighted by atomic mass is 32.2. The molecule has 0 unspecified atom stereocenters. The highest BCUT2D eigenvalue weighted by Gasteiger charge is 2.21. The molecule has 2 aromatic rings. The second kappa shape index (κ2) is 5.74. The van der Waals surface area contributed by atoms with Gasteiger partial charge in [-0.2, -0.15) is 5.26 Å². The van der Waals surface area contributed by atoms with Crippen LogP contribution in [-0.2, 0) is 19.5 Å². The Bertz CT molecular complexity index is 878. The number of thiazole rings is 1. The summed E-state index contributed by atoms with van der Waals surface area (Å²) in [4.78, 5) is 29.5. The monoisotopic (exact) mass is 336 g/mol. The Kier molecular flexibility index (Phi) is 4.31. The molecule has 0 radical (unpaired) electrons. The average Bonchev–Trinajstić information content (AvgIpc) is 2.91. The molecule has 0 aromatic carbocycles. The van der Waals surface area contributed by atoms with Gasteiger partial charge in [-0.25, -0.2) is 9.78 Å². The third kappa shape index (κ3) is 2.87. The van der Waals surface area contributed by atoms with E-state index in [1.807, 2.05) is 6.07 Å². The van der Waals surface area contributed by atoms with Gasteiger partial charge in [0.15, 0.2) is 4.34 Å². The number of nitrogens with zero attached hydrogens (tertiary/aromatic N) is 4. The third-order valence-corrected chi connectivity index (χ3v) is 5.80. The lowest BCUT2D eigenvalue weighted by Crippen LogP contribution is -2.39. The lowest BCUT2D eigenvalue weighted by atomic mass is 9.96. The van der Waals surface area contributed by atoms with E-state index in [9.17, 15) is 14.9 Å². The molecule has 0 aliphatic carbocycles. The van der Waals surface area contributed by atoms with Crippen LogP contribution in [0.1, 0.15) is 31.2 Å². The molecule has 6 nitrogen and oxygen atoms in total. The minimum atomic E-state index is -0.583. The van der Waals surface area contributed by atoms with Crippen LogP contribution in [0, 0.1) is 11.3 Å². The molecule has 0 bridgehead atoms. The van der Waals surface area contributed by atoms with E-state index < -0.39 is 11.2 Å². The fraction of sp³-hybridized carbons (Fsp3) is 0.429. The molecule has 0 aliphatic heterocycles. The Labute approximate surface area is 136 Å². The van der Waals surface area contributed by atoms with Crippen molar-refractivity contribution in [3.05, 3.63) is 37.5 Å². The van der Waals surface area contributed by atoms with Crippen molar-refractivity contribution >= 4 is 23.1 Å². The largest absolute Gasteiger partial charge is 0.331 e. The number of aromatic nitrogens is 3. The van der Waals surface area contributed by atoms with E-state index in [-0.39, 0.29) is 11.0 Å². The van der Waals surface area contributed by atoms with E-state index in [1.54, 1.807) is 13.2 Å². The first-order valence-electron chi connectivity index (χ1n) is 6.51. The van der Waals surface area contributed by atoms with Gasteiger partial charge in [-0.15, -0.1) is 11.3 Å². The number of hydrogen-bond donors (Lipinski definition) is 0. The first kappa shape index (κ1) is 16.5. The van der Waals surface area contributed by atoms with Crippen molar-refractivity contribution in [2.24, 2.45) is 14.1 Å². The van der Waals surface area contributed by atoms with E-state index in [0.29, 0.717) is 9.37 Å². The van der Waals surface area contributed by atoms with Gasteiger partial charge in [0, 0.05) is 25.2 Å². The lowest BCUT2D eigenvalue weighted by molar-refractivity contribution is 0.602. The van der Waals surface area contributed by atoms with Crippen molar-refractivity contribution in [2.45, 2.75) is 35.6 Å². The fourth-order valence-corrected chi connectivity index (χ4v) is 3.87. The molecule has 2 aromatic heterocycles. The predicted octanol–water partition coefficient (Wildman–Crippen LogP) is 1.86. The van der Waals surface area contributed by atoms with Gasteiger partial charge in [0.1, 0.15) is 16.7 Å². The molecular formula is C14H16N4O2S2. The van der Waals surface area contributed by atoms with Crippen LogP contribution in [0.4, 0.5) is 0 Å². The molecule has 0 spiro atoms. The van der Waals surface area contributed by atoms with Crippen LogP contribution in [0.25, 0.3) is 0 Å². The molecule has 2 rings (SSSR count). The maximum absolute atomic E-state index is 12.0. The van der Waals surface area contributed by atoms with Crippen LogP contribution in [-0.4, -0.2) is 14.1 Å². The van der Waals surface area contributed by atoms with Crippen LogP contribution in [0.15, 0.2) is 25.2 Å². The summed E-state index contributed by atoms with van der Waals surface area (Å²) in [6.45, 7) is 6.26. The second-order valence-electron chi connectivity index (χ2n) is 5.84. The Morgan fingerprint density at radius 2 is 1.91 bits per heavy atom. The van der Waals surface area contributed by atoms with Crippen molar-refractivity contribution in [1.82, 2.24) is 14.1 Å². The smallest absolute Gasteiger partial charge is 0.290 e. The highest BCUT2D eigenvalue weighted by Crippen LogP contribution is 2.35. The first-order chi connectivity index (χ1) is 10.2. The number of nitriles is 1. The Morgan fingerprint density at radius 1 is 1.27 bits per heavy atom. The molecule has 0 saturated heterocycles. The summed E-state index contributed by atoms with van der Waals surface area (Å²) >= 11 is 2.67. The van der Waals surface area contributed by atoms with E-state index in [1.165, 1.54) is 34.7 Å². The molecule has 2 heterocycles. The minimum Gasteiger partial charge on any atom is -0.290 e. The summed E-state index contributed by atoms with van der Waals surface area (Å²) in [6.07, 6.45) is 1.79. The highest BCUT2D eigenvalue weighted by molar-refractivity contribution is 8.01. The van der Waals surface area contributed by atoms with Gasteiger partial charge in [0.25, 0.3) is 5.56 Å². The second-order valence-corrected chi connectivity index (χ2v) is 8.11. The van der Waals surface area contributed by atoms with Gasteiger partial charge >= 0.3 is 5.69 Å². The molecule has 0 atom stereocenters. The van der Waals surface area contributed by atoms with Crippen LogP contribution < -0.4 is 11.2 Å². The SMILES string of the molecule is Cn1c(Sc2ncc(C(C)(C)C)s2)c(C#N)c(=O)n(C)c1=O. The zero-order valence-electron chi connectivity index (χ0n) is 13.0. The van der Waals surface area contributed by atoms with Gasteiger partial charge in [0.05, 0.1) is 0 Å². The summed E-state index contributed by atoms with van der Waals surface area (Å²) in [6, 6.07) is 1.89. The molecule has 22 heavy (non-hydrogen) atoms. The zero-order chi connectivity index (χ0) is 16.7. The third-order valence-electron chi connectivity index (χ3n) is 3.13. The van der Waals surface area contributed by atoms with Gasteiger partial charge in [-0.05, 0) is 17.2 Å². The summed E-state index contributed by atoms with van der Waals surface area (Å²) in [5.74, 6) is 0. The molecule has 0 aliphatic rings. The first-order valence-corrected chi connectivity index (χ1v) is 8.14.